The molecule has 1 heterocycles. The molecule has 12 heteroatoms. The van der Waals surface area contributed by atoms with Crippen molar-refractivity contribution < 1.29 is 36.7 Å². The molecular weight excluding hydrogens is 697 g/mol. The van der Waals surface area contributed by atoms with Crippen LogP contribution in [0.3, 0.4) is 0 Å². The normalized spacial score (nSPS) is 42.7. The molecular formula is C38H74O8Si4. The van der Waals surface area contributed by atoms with E-state index in [0.717, 1.165) is 24.2 Å². The summed E-state index contributed by atoms with van der Waals surface area (Å²) < 4.78 is 46.8. The minimum atomic E-state index is -2.14. The van der Waals surface area contributed by atoms with Crippen LogP contribution in [0.15, 0.2) is 0 Å². The Kier molecular flexibility index (Phi) is 12.1. The standard InChI is InChI=1S/C38H74O8Si4/c1-37-22-20-26(43-47(4,5)6)24-25(37)16-17-27-28-18-19-30(38(28,2)23-21-29(27)37)41-36-34(46-50(13,14)15)32(45-49(10,11)12)31(44-48(7,8)9)33(42-36)35(39)40-3/h25-34,36H,16-24H2,1-15H3. The molecule has 0 N–H and O–H groups in total. The molecule has 4 saturated carbocycles. The lowest BCUT2D eigenvalue weighted by molar-refractivity contribution is -0.305. The van der Waals surface area contributed by atoms with Crippen molar-refractivity contribution in [3.63, 3.8) is 0 Å². The van der Waals surface area contributed by atoms with Crippen LogP contribution in [0.5, 0.6) is 0 Å². The van der Waals surface area contributed by atoms with E-state index < -0.39 is 69.9 Å². The van der Waals surface area contributed by atoms with Crippen molar-refractivity contribution in [2.45, 2.75) is 193 Å². The Labute approximate surface area is 309 Å². The summed E-state index contributed by atoms with van der Waals surface area (Å²) in [5.41, 5.74) is 0.461. The van der Waals surface area contributed by atoms with Crippen molar-refractivity contribution in [3.8, 4) is 0 Å². The second kappa shape index (κ2) is 14.6. The van der Waals surface area contributed by atoms with Gasteiger partial charge in [0.25, 0.3) is 0 Å². The second-order valence-corrected chi connectivity index (χ2v) is 38.9. The van der Waals surface area contributed by atoms with Crippen LogP contribution in [0.25, 0.3) is 0 Å². The SMILES string of the molecule is COC(=O)C1OC(OC2CCC3C4CCC5CC(O[Si](C)(C)C)CCC5(C)C4CCC23C)C(O[Si](C)(C)C)C(O[Si](C)(C)C)C1O[Si](C)(C)C. The van der Waals surface area contributed by atoms with E-state index in [1.165, 1.54) is 58.5 Å². The Morgan fingerprint density at radius 3 is 1.74 bits per heavy atom. The fourth-order valence-corrected chi connectivity index (χ4v) is 15.4. The van der Waals surface area contributed by atoms with Crippen molar-refractivity contribution in [1.82, 2.24) is 0 Å². The summed E-state index contributed by atoms with van der Waals surface area (Å²) in [7, 11) is -6.50. The number of carbonyl (C=O) groups is 1. The zero-order chi connectivity index (χ0) is 37.2. The van der Waals surface area contributed by atoms with Gasteiger partial charge in [0.2, 0.25) is 0 Å². The molecule has 0 aromatic carbocycles. The van der Waals surface area contributed by atoms with Gasteiger partial charge in [0, 0.05) is 6.10 Å². The smallest absolute Gasteiger partial charge is 0.337 e. The summed E-state index contributed by atoms with van der Waals surface area (Å²) in [6.07, 6.45) is 8.20. The Balaban J connectivity index is 1.40. The number of hydrogen-bond acceptors (Lipinski definition) is 8. The van der Waals surface area contributed by atoms with Gasteiger partial charge in [0.05, 0.1) is 13.2 Å². The monoisotopic (exact) mass is 770 g/mol. The van der Waals surface area contributed by atoms with Crippen LogP contribution in [-0.2, 0) is 36.7 Å². The summed E-state index contributed by atoms with van der Waals surface area (Å²) in [5.74, 6) is 2.48. The molecule has 5 fully saturated rings. The Morgan fingerprint density at radius 2 is 1.16 bits per heavy atom. The summed E-state index contributed by atoms with van der Waals surface area (Å²) in [6, 6.07) is 0. The highest BCUT2D eigenvalue weighted by molar-refractivity contribution is 6.71. The number of esters is 1. The van der Waals surface area contributed by atoms with Crippen molar-refractivity contribution in [2.24, 2.45) is 34.5 Å². The average molecular weight is 771 g/mol. The number of ether oxygens (including phenoxy) is 3. The lowest BCUT2D eigenvalue weighted by Crippen LogP contribution is -2.67. The first-order valence-corrected chi connectivity index (χ1v) is 33.6. The van der Waals surface area contributed by atoms with E-state index >= 15 is 0 Å². The highest BCUT2D eigenvalue weighted by Gasteiger charge is 2.62. The summed E-state index contributed by atoms with van der Waals surface area (Å²) in [5, 5.41) is 0. The minimum absolute atomic E-state index is 0.0258. The van der Waals surface area contributed by atoms with Gasteiger partial charge in [0.1, 0.15) is 18.3 Å². The second-order valence-electron chi connectivity index (χ2n) is 21.1. The van der Waals surface area contributed by atoms with Crippen LogP contribution in [0.2, 0.25) is 78.6 Å². The van der Waals surface area contributed by atoms with Gasteiger partial charge < -0.3 is 31.9 Å². The lowest BCUT2D eigenvalue weighted by Gasteiger charge is -2.61. The molecule has 1 saturated heterocycles. The van der Waals surface area contributed by atoms with Crippen LogP contribution >= 0.6 is 0 Å². The fraction of sp³-hybridized carbons (Fsp3) is 0.974. The molecule has 4 aliphatic carbocycles. The van der Waals surface area contributed by atoms with Crippen molar-refractivity contribution in [3.05, 3.63) is 0 Å². The van der Waals surface area contributed by atoms with Crippen molar-refractivity contribution >= 4 is 39.2 Å². The largest absolute Gasteiger partial charge is 0.467 e. The fourth-order valence-electron chi connectivity index (χ4n) is 11.0. The molecule has 50 heavy (non-hydrogen) atoms. The van der Waals surface area contributed by atoms with E-state index in [1.807, 2.05) is 0 Å². The summed E-state index contributed by atoms with van der Waals surface area (Å²) in [4.78, 5) is 13.5. The molecule has 13 atom stereocenters. The molecule has 0 aromatic heterocycles. The zero-order valence-corrected chi connectivity index (χ0v) is 38.5. The van der Waals surface area contributed by atoms with Crippen LogP contribution < -0.4 is 0 Å². The maximum atomic E-state index is 13.5. The van der Waals surface area contributed by atoms with E-state index in [1.54, 1.807) is 0 Å². The van der Waals surface area contributed by atoms with Crippen LogP contribution in [-0.4, -0.2) is 89.3 Å². The molecule has 0 bridgehead atoms. The van der Waals surface area contributed by atoms with E-state index in [0.29, 0.717) is 17.4 Å². The van der Waals surface area contributed by atoms with Gasteiger partial charge in [-0.2, -0.15) is 0 Å². The molecule has 5 rings (SSSR count). The van der Waals surface area contributed by atoms with E-state index in [9.17, 15) is 4.79 Å². The summed E-state index contributed by atoms with van der Waals surface area (Å²) >= 11 is 0. The quantitative estimate of drug-likeness (QED) is 0.152. The molecule has 0 spiro atoms. The van der Waals surface area contributed by atoms with E-state index in [2.05, 4.69) is 92.4 Å². The third kappa shape index (κ3) is 9.13. The van der Waals surface area contributed by atoms with E-state index in [4.69, 9.17) is 31.9 Å². The first-order chi connectivity index (χ1) is 22.8. The third-order valence-corrected chi connectivity index (χ3v) is 16.7. The zero-order valence-electron chi connectivity index (χ0n) is 34.5. The highest BCUT2D eigenvalue weighted by atomic mass is 28.4. The van der Waals surface area contributed by atoms with Crippen molar-refractivity contribution in [1.29, 1.82) is 0 Å². The molecule has 0 amide bonds. The maximum Gasteiger partial charge on any atom is 0.337 e. The molecule has 8 nitrogen and oxygen atoms in total. The first-order valence-electron chi connectivity index (χ1n) is 19.9. The predicted molar refractivity (Wildman–Crippen MR) is 210 cm³/mol. The molecule has 5 aliphatic rings. The maximum absolute atomic E-state index is 13.5. The molecule has 0 radical (unpaired) electrons. The first kappa shape index (κ1) is 41.3. The Morgan fingerprint density at radius 1 is 0.620 bits per heavy atom. The Hall–Kier alpha value is 0.0975. The number of fused-ring (bicyclic) bond motifs is 5. The number of rotatable bonds is 11. The molecule has 290 valence electrons. The van der Waals surface area contributed by atoms with Gasteiger partial charge in [-0.25, -0.2) is 4.79 Å². The third-order valence-electron chi connectivity index (χ3n) is 12.7. The van der Waals surface area contributed by atoms with Gasteiger partial charge in [-0.3, -0.25) is 0 Å². The summed E-state index contributed by atoms with van der Waals surface area (Å²) in [6.45, 7) is 31.7. The number of carbonyl (C=O) groups excluding carboxylic acids is 1. The highest BCUT2D eigenvalue weighted by Crippen LogP contribution is 2.67. The lowest BCUT2D eigenvalue weighted by atomic mass is 9.45. The molecule has 13 unspecified atom stereocenters. The predicted octanol–water partition coefficient (Wildman–Crippen LogP) is 9.19. The average Bonchev–Trinajstić information content (AvgIpc) is 3.28. The minimum Gasteiger partial charge on any atom is -0.467 e. The van der Waals surface area contributed by atoms with Gasteiger partial charge in [0.15, 0.2) is 45.7 Å². The topological polar surface area (TPSA) is 81.7 Å². The van der Waals surface area contributed by atoms with Gasteiger partial charge in [-0.15, -0.1) is 0 Å². The molecule has 0 aromatic rings. The number of hydrogen-bond donors (Lipinski definition) is 0. The molecule has 1 aliphatic heterocycles. The van der Waals surface area contributed by atoms with Gasteiger partial charge in [-0.05, 0) is 171 Å². The van der Waals surface area contributed by atoms with Gasteiger partial charge >= 0.3 is 5.97 Å². The van der Waals surface area contributed by atoms with Crippen LogP contribution in [0.1, 0.15) is 71.6 Å². The van der Waals surface area contributed by atoms with E-state index in [-0.39, 0.29) is 11.5 Å². The van der Waals surface area contributed by atoms with Crippen LogP contribution in [0.4, 0.5) is 0 Å². The number of methoxy groups -OCH3 is 1. The van der Waals surface area contributed by atoms with Crippen LogP contribution in [0, 0.1) is 34.5 Å². The van der Waals surface area contributed by atoms with Crippen molar-refractivity contribution in [2.75, 3.05) is 7.11 Å². The Bertz CT molecular complexity index is 1190. The van der Waals surface area contributed by atoms with Gasteiger partial charge in [-0.1, -0.05) is 13.8 Å².